The summed E-state index contributed by atoms with van der Waals surface area (Å²) >= 11 is 0. The Hall–Kier alpha value is -4.14. The van der Waals surface area contributed by atoms with E-state index in [1.807, 2.05) is 62.6 Å². The van der Waals surface area contributed by atoms with E-state index in [4.69, 9.17) is 14.5 Å². The molecule has 5 heterocycles. The highest BCUT2D eigenvalue weighted by atomic mass is 16.6. The fourth-order valence-corrected chi connectivity index (χ4v) is 4.15. The highest BCUT2D eigenvalue weighted by Gasteiger charge is 2.28. The van der Waals surface area contributed by atoms with Crippen LogP contribution in [0.4, 0.5) is 4.79 Å². The summed E-state index contributed by atoms with van der Waals surface area (Å²) in [4.78, 5) is 36.1. The number of carbonyl (C=O) groups excluding carboxylic acids is 1. The minimum absolute atomic E-state index is 0.202. The molecule has 9 nitrogen and oxygen atoms in total. The number of hydrogen-bond acceptors (Lipinski definition) is 6. The van der Waals surface area contributed by atoms with Crippen LogP contribution < -0.4 is 10.3 Å². The predicted octanol–water partition coefficient (Wildman–Crippen LogP) is 4.06. The van der Waals surface area contributed by atoms with Gasteiger partial charge in [-0.1, -0.05) is 6.07 Å². The molecule has 0 spiro atoms. The third-order valence-electron chi connectivity index (χ3n) is 5.95. The first kappa shape index (κ1) is 23.6. The molecule has 0 saturated heterocycles. The van der Waals surface area contributed by atoms with Crippen molar-refractivity contribution in [3.05, 3.63) is 88.0 Å². The monoisotopic (exact) mass is 487 g/mol. The lowest BCUT2D eigenvalue weighted by Gasteiger charge is -2.29. The highest BCUT2D eigenvalue weighted by Crippen LogP contribution is 2.24. The van der Waals surface area contributed by atoms with Gasteiger partial charge < -0.3 is 18.8 Å². The van der Waals surface area contributed by atoms with Gasteiger partial charge in [0.1, 0.15) is 23.6 Å². The molecular weight excluding hydrogens is 458 g/mol. The summed E-state index contributed by atoms with van der Waals surface area (Å²) in [6, 6.07) is 10.9. The van der Waals surface area contributed by atoms with Crippen LogP contribution in [0, 0.1) is 6.92 Å². The summed E-state index contributed by atoms with van der Waals surface area (Å²) in [6.07, 6.45) is 5.67. The third kappa shape index (κ3) is 4.95. The number of imidazole rings is 1. The maximum atomic E-state index is 12.8. The lowest BCUT2D eigenvalue weighted by Crippen LogP contribution is -2.40. The summed E-state index contributed by atoms with van der Waals surface area (Å²) in [7, 11) is 0. The Bertz CT molecular complexity index is 1480. The minimum atomic E-state index is -0.544. The number of aryl methyl sites for hydroxylation is 1. The minimum Gasteiger partial charge on any atom is -0.489 e. The van der Waals surface area contributed by atoms with Crippen molar-refractivity contribution in [2.75, 3.05) is 6.54 Å². The van der Waals surface area contributed by atoms with Crippen LogP contribution in [-0.4, -0.2) is 42.1 Å². The van der Waals surface area contributed by atoms with Crippen molar-refractivity contribution in [1.82, 2.24) is 23.8 Å². The molecule has 4 aromatic heterocycles. The lowest BCUT2D eigenvalue weighted by molar-refractivity contribution is 0.0220. The summed E-state index contributed by atoms with van der Waals surface area (Å²) < 4.78 is 14.8. The van der Waals surface area contributed by atoms with Gasteiger partial charge in [-0.3, -0.25) is 14.3 Å². The zero-order valence-corrected chi connectivity index (χ0v) is 20.9. The Balaban J connectivity index is 1.34. The van der Waals surface area contributed by atoms with Crippen molar-refractivity contribution in [2.45, 2.75) is 52.9 Å². The average molecular weight is 488 g/mol. The maximum Gasteiger partial charge on any atom is 0.410 e. The summed E-state index contributed by atoms with van der Waals surface area (Å²) in [5.41, 5.74) is 4.46. The van der Waals surface area contributed by atoms with Gasteiger partial charge in [0.15, 0.2) is 0 Å². The van der Waals surface area contributed by atoms with E-state index >= 15 is 0 Å². The van der Waals surface area contributed by atoms with Crippen LogP contribution in [-0.2, 0) is 24.3 Å². The summed E-state index contributed by atoms with van der Waals surface area (Å²) in [5, 5.41) is 0. The number of aromatic nitrogens is 4. The molecule has 36 heavy (non-hydrogen) atoms. The van der Waals surface area contributed by atoms with Gasteiger partial charge in [0.05, 0.1) is 23.6 Å². The number of rotatable bonds is 4. The van der Waals surface area contributed by atoms with Crippen LogP contribution in [0.25, 0.3) is 11.3 Å². The maximum absolute atomic E-state index is 12.8. The Morgan fingerprint density at radius 3 is 2.67 bits per heavy atom. The van der Waals surface area contributed by atoms with E-state index in [2.05, 4.69) is 4.98 Å². The van der Waals surface area contributed by atoms with Crippen molar-refractivity contribution in [1.29, 1.82) is 0 Å². The standard InChI is InChI=1S/C27H29N5O4/c1-18-5-6-19(15-28-18)17-35-21-8-12-31(25(33)14-21)20-7-11-32-23-16-30(26(34)36-27(2,3)4)10-9-22(23)29-24(32)13-20/h5-8,11-15H,9-10,16-17H2,1-4H3. The van der Waals surface area contributed by atoms with E-state index < -0.39 is 5.60 Å². The van der Waals surface area contributed by atoms with E-state index in [-0.39, 0.29) is 11.7 Å². The lowest BCUT2D eigenvalue weighted by atomic mass is 10.1. The van der Waals surface area contributed by atoms with E-state index in [0.717, 1.165) is 28.3 Å². The quantitative estimate of drug-likeness (QED) is 0.431. The van der Waals surface area contributed by atoms with Crippen LogP contribution in [0.15, 0.2) is 59.8 Å². The average Bonchev–Trinajstić information content (AvgIpc) is 3.19. The molecular formula is C27H29N5O4. The molecule has 1 aliphatic rings. The van der Waals surface area contributed by atoms with Gasteiger partial charge in [-0.15, -0.1) is 0 Å². The van der Waals surface area contributed by atoms with E-state index in [0.29, 0.717) is 37.6 Å². The van der Waals surface area contributed by atoms with E-state index in [1.165, 1.54) is 6.07 Å². The third-order valence-corrected chi connectivity index (χ3v) is 5.95. The van der Waals surface area contributed by atoms with Crippen LogP contribution >= 0.6 is 0 Å². The first-order valence-corrected chi connectivity index (χ1v) is 11.9. The van der Waals surface area contributed by atoms with Crippen LogP contribution in [0.1, 0.15) is 43.4 Å². The van der Waals surface area contributed by atoms with Crippen molar-refractivity contribution in [3.8, 4) is 11.4 Å². The molecule has 0 atom stereocenters. The zero-order chi connectivity index (χ0) is 25.4. The van der Waals surface area contributed by atoms with Gasteiger partial charge >= 0.3 is 6.09 Å². The number of pyridine rings is 3. The van der Waals surface area contributed by atoms with Crippen LogP contribution in [0.5, 0.6) is 5.75 Å². The molecule has 0 bridgehead atoms. The molecule has 0 N–H and O–H groups in total. The van der Waals surface area contributed by atoms with Crippen molar-refractivity contribution >= 4 is 11.7 Å². The van der Waals surface area contributed by atoms with Crippen molar-refractivity contribution < 1.29 is 14.3 Å². The van der Waals surface area contributed by atoms with Gasteiger partial charge in [0.25, 0.3) is 5.56 Å². The molecule has 4 aromatic rings. The molecule has 186 valence electrons. The Kier molecular flexibility index (Phi) is 5.99. The molecule has 1 amide bonds. The summed E-state index contributed by atoms with van der Waals surface area (Å²) in [6.45, 7) is 8.82. The molecule has 5 rings (SSSR count). The zero-order valence-electron chi connectivity index (χ0n) is 20.9. The second-order valence-electron chi connectivity index (χ2n) is 9.94. The molecule has 0 unspecified atom stereocenters. The molecule has 0 saturated carbocycles. The number of carbonyl (C=O) groups is 1. The first-order valence-electron chi connectivity index (χ1n) is 11.9. The SMILES string of the molecule is Cc1ccc(COc2ccn(-c3ccn4c5c(nc4c3)CCN(C(=O)OC(C)(C)C)C5)c(=O)c2)cn1. The Morgan fingerprint density at radius 1 is 1.11 bits per heavy atom. The smallest absolute Gasteiger partial charge is 0.410 e. The van der Waals surface area contributed by atoms with E-state index in [9.17, 15) is 9.59 Å². The number of fused-ring (bicyclic) bond motifs is 3. The summed E-state index contributed by atoms with van der Waals surface area (Å²) in [5.74, 6) is 0.497. The predicted molar refractivity (Wildman–Crippen MR) is 134 cm³/mol. The largest absolute Gasteiger partial charge is 0.489 e. The second-order valence-corrected chi connectivity index (χ2v) is 9.94. The van der Waals surface area contributed by atoms with Crippen LogP contribution in [0.3, 0.4) is 0 Å². The van der Waals surface area contributed by atoms with E-state index in [1.54, 1.807) is 27.9 Å². The van der Waals surface area contributed by atoms with Gasteiger partial charge in [-0.25, -0.2) is 9.78 Å². The fourth-order valence-electron chi connectivity index (χ4n) is 4.15. The Morgan fingerprint density at radius 2 is 1.94 bits per heavy atom. The van der Waals surface area contributed by atoms with Crippen molar-refractivity contribution in [2.24, 2.45) is 0 Å². The Labute approximate surface area is 208 Å². The second kappa shape index (κ2) is 9.14. The molecule has 0 radical (unpaired) electrons. The highest BCUT2D eigenvalue weighted by molar-refractivity contribution is 5.68. The van der Waals surface area contributed by atoms with Gasteiger partial charge in [-0.2, -0.15) is 0 Å². The van der Waals surface area contributed by atoms with Gasteiger partial charge in [0, 0.05) is 54.9 Å². The van der Waals surface area contributed by atoms with Crippen LogP contribution in [0.2, 0.25) is 0 Å². The molecule has 9 heteroatoms. The topological polar surface area (TPSA) is 91.0 Å². The number of hydrogen-bond donors (Lipinski definition) is 0. The van der Waals surface area contributed by atoms with Gasteiger partial charge in [0.2, 0.25) is 0 Å². The molecule has 0 aliphatic carbocycles. The molecule has 0 aromatic carbocycles. The normalized spacial score (nSPS) is 13.5. The van der Waals surface area contributed by atoms with Gasteiger partial charge in [-0.05, 0) is 45.9 Å². The number of ether oxygens (including phenoxy) is 2. The number of amides is 1. The van der Waals surface area contributed by atoms with Crippen molar-refractivity contribution in [3.63, 3.8) is 0 Å². The fraction of sp³-hybridized carbons (Fsp3) is 0.333. The molecule has 0 fully saturated rings. The number of nitrogens with zero attached hydrogens (tertiary/aromatic N) is 5. The molecule has 1 aliphatic heterocycles. The first-order chi connectivity index (χ1) is 17.2.